The minimum absolute atomic E-state index is 0.691. The molecule has 1 aromatic rings. The second kappa shape index (κ2) is 4.11. The van der Waals surface area contributed by atoms with E-state index in [0.29, 0.717) is 12.1 Å². The highest BCUT2D eigenvalue weighted by Gasteiger charge is 2.17. The van der Waals surface area contributed by atoms with Gasteiger partial charge in [-0.2, -0.15) is 0 Å². The van der Waals surface area contributed by atoms with E-state index in [0.717, 1.165) is 5.56 Å². The lowest BCUT2D eigenvalue weighted by atomic mass is 9.99. The molecule has 0 radical (unpaired) electrons. The molecule has 0 aliphatic heterocycles. The summed E-state index contributed by atoms with van der Waals surface area (Å²) in [5.74, 6) is 0. The molecule has 0 atom stereocenters. The molecule has 0 unspecified atom stereocenters. The first kappa shape index (κ1) is 10.5. The summed E-state index contributed by atoms with van der Waals surface area (Å²) in [5, 5.41) is 0. The first-order valence-corrected chi connectivity index (χ1v) is 4.64. The van der Waals surface area contributed by atoms with E-state index in [-0.39, 0.29) is 0 Å². The van der Waals surface area contributed by atoms with Crippen molar-refractivity contribution in [3.05, 3.63) is 35.4 Å². The molecule has 0 saturated heterocycles. The summed E-state index contributed by atoms with van der Waals surface area (Å²) in [6.45, 7) is 3.80. The van der Waals surface area contributed by atoms with Gasteiger partial charge in [0.15, 0.2) is 0 Å². The van der Waals surface area contributed by atoms with Crippen molar-refractivity contribution >= 4 is 12.8 Å². The van der Waals surface area contributed by atoms with Crippen LogP contribution in [0.2, 0.25) is 0 Å². The largest absolute Gasteiger partial charge is 0.262 e. The van der Waals surface area contributed by atoms with Gasteiger partial charge in [-0.25, -0.2) is 4.39 Å². The Morgan fingerprint density at radius 1 is 1.31 bits per heavy atom. The average Bonchev–Trinajstić information content (AvgIpc) is 2.04. The van der Waals surface area contributed by atoms with Gasteiger partial charge in [-0.3, -0.25) is 4.72 Å². The summed E-state index contributed by atoms with van der Waals surface area (Å²) in [7, 11) is 0. The lowest BCUT2D eigenvalue weighted by Gasteiger charge is -2.14. The molecule has 1 aromatic carbocycles. The van der Waals surface area contributed by atoms with E-state index in [4.69, 9.17) is 0 Å². The van der Waals surface area contributed by atoms with Crippen LogP contribution in [0.1, 0.15) is 25.0 Å². The van der Waals surface area contributed by atoms with E-state index >= 15 is 0 Å². The third-order valence-corrected chi connectivity index (χ3v) is 2.08. The molecule has 1 rings (SSSR count). The summed E-state index contributed by atoms with van der Waals surface area (Å²) in [5.41, 5.74) is 0.547. The highest BCUT2D eigenvalue weighted by molar-refractivity contribution is 7.78. The Labute approximate surface area is 83.9 Å². The summed E-state index contributed by atoms with van der Waals surface area (Å²) >= 11 is 3.89. The predicted octanol–water partition coefficient (Wildman–Crippen LogP) is 2.83. The third kappa shape index (κ3) is 3.01. The lowest BCUT2D eigenvalue weighted by molar-refractivity contribution is 0.221. The number of benzene rings is 1. The van der Waals surface area contributed by atoms with E-state index < -0.39 is 5.67 Å². The lowest BCUT2D eigenvalue weighted by Crippen LogP contribution is -2.09. The molecule has 1 N–H and O–H groups in total. The molecule has 0 spiro atoms. The Morgan fingerprint density at radius 2 is 1.85 bits per heavy atom. The van der Waals surface area contributed by atoms with E-state index in [2.05, 4.69) is 17.5 Å². The maximum absolute atomic E-state index is 13.4. The van der Waals surface area contributed by atoms with Crippen LogP contribution < -0.4 is 4.72 Å². The molecule has 0 bridgehead atoms. The monoisotopic (exact) mass is 199 g/mol. The second-order valence-corrected chi connectivity index (χ2v) is 3.82. The van der Waals surface area contributed by atoms with Gasteiger partial charge in [0, 0.05) is 6.54 Å². The van der Waals surface area contributed by atoms with Crippen molar-refractivity contribution in [1.82, 2.24) is 4.72 Å². The van der Waals surface area contributed by atoms with E-state index in [1.54, 1.807) is 26.0 Å². The van der Waals surface area contributed by atoms with Gasteiger partial charge in [0.25, 0.3) is 0 Å². The number of thiol groups is 1. The summed E-state index contributed by atoms with van der Waals surface area (Å²) < 4.78 is 16.2. The summed E-state index contributed by atoms with van der Waals surface area (Å²) in [6, 6.07) is 7.42. The zero-order valence-corrected chi connectivity index (χ0v) is 8.74. The van der Waals surface area contributed by atoms with Crippen LogP contribution >= 0.6 is 12.8 Å². The summed E-state index contributed by atoms with van der Waals surface area (Å²) in [6.07, 6.45) is 0. The molecule has 1 nitrogen and oxygen atoms in total. The predicted molar refractivity (Wildman–Crippen MR) is 56.4 cm³/mol. The van der Waals surface area contributed by atoms with E-state index in [1.807, 2.05) is 12.1 Å². The highest BCUT2D eigenvalue weighted by atomic mass is 32.1. The molecule has 13 heavy (non-hydrogen) atoms. The molecule has 0 saturated carbocycles. The van der Waals surface area contributed by atoms with Gasteiger partial charge in [0.2, 0.25) is 0 Å². The van der Waals surface area contributed by atoms with E-state index in [9.17, 15) is 4.39 Å². The maximum Gasteiger partial charge on any atom is 0.130 e. The Bertz CT molecular complexity index is 263. The van der Waals surface area contributed by atoms with E-state index in [1.165, 1.54) is 0 Å². The molecule has 0 aliphatic rings. The number of nitrogens with one attached hydrogen (secondary N) is 1. The third-order valence-electron chi connectivity index (χ3n) is 1.92. The standard InChI is InChI=1S/C10H14FNS/c1-10(2,11)9-5-3-8(4-6-9)7-12-13/h3-6,12-13H,7H2,1-2H3. The fourth-order valence-electron chi connectivity index (χ4n) is 1.11. The zero-order valence-electron chi connectivity index (χ0n) is 7.84. The molecule has 72 valence electrons. The zero-order chi connectivity index (χ0) is 9.90. The normalized spacial score (nSPS) is 11.7. The minimum Gasteiger partial charge on any atom is -0.262 e. The van der Waals surface area contributed by atoms with Crippen LogP contribution in [0.5, 0.6) is 0 Å². The Hall–Kier alpha value is -0.540. The number of alkyl halides is 1. The smallest absolute Gasteiger partial charge is 0.130 e. The van der Waals surface area contributed by atoms with Gasteiger partial charge in [0.05, 0.1) is 0 Å². The highest BCUT2D eigenvalue weighted by Crippen LogP contribution is 2.24. The first-order chi connectivity index (χ1) is 6.04. The Morgan fingerprint density at radius 3 is 2.23 bits per heavy atom. The van der Waals surface area contributed by atoms with Gasteiger partial charge >= 0.3 is 0 Å². The average molecular weight is 199 g/mol. The molecule has 0 fully saturated rings. The van der Waals surface area contributed by atoms with Crippen molar-refractivity contribution in [2.45, 2.75) is 26.1 Å². The number of rotatable bonds is 3. The minimum atomic E-state index is -1.26. The molecule has 3 heteroatoms. The van der Waals surface area contributed by atoms with Crippen LogP contribution in [0, 0.1) is 0 Å². The molecule has 0 aliphatic carbocycles. The maximum atomic E-state index is 13.4. The fraction of sp³-hybridized carbons (Fsp3) is 0.400. The van der Waals surface area contributed by atoms with Crippen LogP contribution in [0.4, 0.5) is 4.39 Å². The van der Waals surface area contributed by atoms with Crippen LogP contribution in [-0.4, -0.2) is 0 Å². The van der Waals surface area contributed by atoms with Crippen molar-refractivity contribution in [2.75, 3.05) is 0 Å². The second-order valence-electron chi connectivity index (χ2n) is 3.50. The molecular weight excluding hydrogens is 185 g/mol. The molecule has 0 amide bonds. The summed E-state index contributed by atoms with van der Waals surface area (Å²) in [4.78, 5) is 0. The number of hydrogen-bond donors (Lipinski definition) is 2. The Kier molecular flexibility index (Phi) is 3.33. The van der Waals surface area contributed by atoms with Crippen LogP contribution in [0.3, 0.4) is 0 Å². The van der Waals surface area contributed by atoms with Gasteiger partial charge < -0.3 is 0 Å². The quantitative estimate of drug-likeness (QED) is 0.713. The number of halogens is 1. The molecule has 0 aromatic heterocycles. The van der Waals surface area contributed by atoms with Crippen molar-refractivity contribution in [3.8, 4) is 0 Å². The van der Waals surface area contributed by atoms with Gasteiger partial charge in [-0.15, -0.1) is 0 Å². The van der Waals surface area contributed by atoms with Crippen LogP contribution in [-0.2, 0) is 12.2 Å². The van der Waals surface area contributed by atoms with Crippen molar-refractivity contribution in [1.29, 1.82) is 0 Å². The van der Waals surface area contributed by atoms with Gasteiger partial charge in [0.1, 0.15) is 5.67 Å². The number of hydrogen-bond acceptors (Lipinski definition) is 2. The van der Waals surface area contributed by atoms with Crippen molar-refractivity contribution < 1.29 is 4.39 Å². The van der Waals surface area contributed by atoms with Crippen molar-refractivity contribution in [3.63, 3.8) is 0 Å². The van der Waals surface area contributed by atoms with Crippen LogP contribution in [0.15, 0.2) is 24.3 Å². The van der Waals surface area contributed by atoms with Gasteiger partial charge in [-0.1, -0.05) is 37.1 Å². The Balaban J connectivity index is 2.81. The van der Waals surface area contributed by atoms with Gasteiger partial charge in [-0.05, 0) is 25.0 Å². The molecule has 0 heterocycles. The molecular formula is C10H14FNS. The SMILES string of the molecule is CC(C)(F)c1ccc(CNS)cc1. The fourth-order valence-corrected chi connectivity index (χ4v) is 1.29. The van der Waals surface area contributed by atoms with Crippen molar-refractivity contribution in [2.24, 2.45) is 0 Å². The first-order valence-electron chi connectivity index (χ1n) is 4.19. The topological polar surface area (TPSA) is 12.0 Å². The van der Waals surface area contributed by atoms with Crippen LogP contribution in [0.25, 0.3) is 0 Å².